The van der Waals surface area contributed by atoms with E-state index in [-0.39, 0.29) is 23.4 Å². The molecule has 0 saturated carbocycles. The summed E-state index contributed by atoms with van der Waals surface area (Å²) in [6, 6.07) is 20.2. The average Bonchev–Trinajstić information content (AvgIpc) is 3.03. The molecule has 1 N–H and O–H groups in total. The maximum absolute atomic E-state index is 11.9. The van der Waals surface area contributed by atoms with Gasteiger partial charge >= 0.3 is 0 Å². The first-order valence-electron chi connectivity index (χ1n) is 13.1. The number of phenolic OH excluding ortho intramolecular Hbond substituents is 1. The van der Waals surface area contributed by atoms with Crippen LogP contribution in [0.2, 0.25) is 0 Å². The molecule has 2 fully saturated rings. The molecule has 6 heteroatoms. The van der Waals surface area contributed by atoms with Crippen LogP contribution >= 0.6 is 0 Å². The highest BCUT2D eigenvalue weighted by molar-refractivity contribution is 6.11. The van der Waals surface area contributed by atoms with Crippen molar-refractivity contribution < 1.29 is 29.1 Å². The van der Waals surface area contributed by atoms with Gasteiger partial charge in [0.05, 0.1) is 13.2 Å². The first-order valence-corrected chi connectivity index (χ1v) is 13.1. The summed E-state index contributed by atoms with van der Waals surface area (Å²) in [4.78, 5) is 12.1. The second-order valence-electron chi connectivity index (χ2n) is 12.3. The van der Waals surface area contributed by atoms with Crippen molar-refractivity contribution in [1.29, 1.82) is 0 Å². The van der Waals surface area contributed by atoms with Gasteiger partial charge in [-0.1, -0.05) is 83.1 Å². The van der Waals surface area contributed by atoms with E-state index >= 15 is 0 Å². The smallest absolute Gasteiger partial charge is 0.262 e. The van der Waals surface area contributed by atoms with E-state index in [0.29, 0.717) is 13.2 Å². The molecule has 2 unspecified atom stereocenters. The van der Waals surface area contributed by atoms with Crippen LogP contribution in [0.4, 0.5) is 0 Å². The van der Waals surface area contributed by atoms with E-state index in [1.54, 1.807) is 6.07 Å². The average molecular weight is 513 g/mol. The van der Waals surface area contributed by atoms with Crippen molar-refractivity contribution in [3.63, 3.8) is 0 Å². The van der Waals surface area contributed by atoms with Crippen molar-refractivity contribution in [2.24, 2.45) is 10.8 Å². The predicted octanol–water partition coefficient (Wildman–Crippen LogP) is 7.19. The van der Waals surface area contributed by atoms with Gasteiger partial charge in [0.2, 0.25) is 0 Å². The SMILES string of the molecule is CC(C)(C)C12OOC1(c1cc(O)c(-c3c4c(cc5ccccc35)COCO4)c3ccccc13)OCC2(C)C. The van der Waals surface area contributed by atoms with Gasteiger partial charge in [0.15, 0.2) is 12.4 Å². The Hall–Kier alpha value is -3.16. The van der Waals surface area contributed by atoms with Gasteiger partial charge in [-0.25, -0.2) is 4.89 Å². The molecule has 0 aromatic heterocycles. The van der Waals surface area contributed by atoms with Crippen LogP contribution in [0.1, 0.15) is 45.7 Å². The first-order chi connectivity index (χ1) is 18.1. The maximum Gasteiger partial charge on any atom is 0.262 e. The van der Waals surface area contributed by atoms with E-state index in [0.717, 1.165) is 49.5 Å². The summed E-state index contributed by atoms with van der Waals surface area (Å²) in [5, 5.41) is 15.8. The lowest BCUT2D eigenvalue weighted by Crippen LogP contribution is -2.73. The van der Waals surface area contributed by atoms with E-state index in [9.17, 15) is 5.11 Å². The Kier molecular flexibility index (Phi) is 4.85. The first kappa shape index (κ1) is 23.9. The van der Waals surface area contributed by atoms with Gasteiger partial charge in [-0.15, -0.1) is 0 Å². The zero-order valence-electron chi connectivity index (χ0n) is 22.4. The Labute approximate surface area is 222 Å². The molecule has 38 heavy (non-hydrogen) atoms. The zero-order chi connectivity index (χ0) is 26.5. The number of hydrogen-bond donors (Lipinski definition) is 1. The molecule has 7 rings (SSSR count). The van der Waals surface area contributed by atoms with E-state index in [1.165, 1.54) is 0 Å². The largest absolute Gasteiger partial charge is 0.507 e. The number of rotatable bonds is 2. The second-order valence-corrected chi connectivity index (χ2v) is 12.3. The van der Waals surface area contributed by atoms with Gasteiger partial charge in [0, 0.05) is 33.1 Å². The minimum atomic E-state index is -1.16. The Balaban J connectivity index is 1.56. The van der Waals surface area contributed by atoms with Crippen LogP contribution in [0.15, 0.2) is 60.7 Å². The van der Waals surface area contributed by atoms with E-state index in [2.05, 4.69) is 58.9 Å². The highest BCUT2D eigenvalue weighted by Gasteiger charge is 2.81. The maximum atomic E-state index is 11.9. The molecule has 0 radical (unpaired) electrons. The highest BCUT2D eigenvalue weighted by Crippen LogP contribution is 2.70. The number of ether oxygens (including phenoxy) is 3. The second kappa shape index (κ2) is 7.70. The Morgan fingerprint density at radius 1 is 0.842 bits per heavy atom. The van der Waals surface area contributed by atoms with Gasteiger partial charge in [-0.2, -0.15) is 4.89 Å². The van der Waals surface area contributed by atoms with Gasteiger partial charge in [0.1, 0.15) is 11.5 Å². The molecule has 0 amide bonds. The molecule has 4 aromatic rings. The molecule has 0 aliphatic carbocycles. The fourth-order valence-corrected chi connectivity index (χ4v) is 7.27. The van der Waals surface area contributed by atoms with Gasteiger partial charge < -0.3 is 19.3 Å². The molecule has 0 bridgehead atoms. The fourth-order valence-electron chi connectivity index (χ4n) is 7.27. The summed E-state index contributed by atoms with van der Waals surface area (Å²) in [5.74, 6) is -0.285. The number of benzene rings is 4. The predicted molar refractivity (Wildman–Crippen MR) is 145 cm³/mol. The molecule has 3 heterocycles. The minimum Gasteiger partial charge on any atom is -0.507 e. The van der Waals surface area contributed by atoms with Gasteiger partial charge in [-0.05, 0) is 33.7 Å². The third kappa shape index (κ3) is 2.81. The van der Waals surface area contributed by atoms with Crippen LogP contribution in [-0.4, -0.2) is 24.1 Å². The normalized spacial score (nSPS) is 26.0. The van der Waals surface area contributed by atoms with Crippen molar-refractivity contribution in [2.75, 3.05) is 13.4 Å². The number of aromatic hydroxyl groups is 1. The van der Waals surface area contributed by atoms with Gasteiger partial charge in [0.25, 0.3) is 5.79 Å². The quantitative estimate of drug-likeness (QED) is 0.287. The van der Waals surface area contributed by atoms with E-state index < -0.39 is 11.4 Å². The molecule has 0 spiro atoms. The van der Waals surface area contributed by atoms with Gasteiger partial charge in [-0.3, -0.25) is 0 Å². The number of phenols is 1. The zero-order valence-corrected chi connectivity index (χ0v) is 22.4. The van der Waals surface area contributed by atoms with Crippen LogP contribution in [-0.2, 0) is 31.6 Å². The number of fused-ring (bicyclic) bond motifs is 4. The summed E-state index contributed by atoms with van der Waals surface area (Å²) in [6.45, 7) is 11.8. The van der Waals surface area contributed by atoms with Crippen molar-refractivity contribution in [3.05, 3.63) is 71.8 Å². The van der Waals surface area contributed by atoms with E-state index in [4.69, 9.17) is 24.0 Å². The van der Waals surface area contributed by atoms with Crippen LogP contribution in [0.3, 0.4) is 0 Å². The minimum absolute atomic E-state index is 0.133. The molecule has 3 aliphatic heterocycles. The molecule has 6 nitrogen and oxygen atoms in total. The fraction of sp³-hybridized carbons (Fsp3) is 0.375. The van der Waals surface area contributed by atoms with Crippen molar-refractivity contribution in [1.82, 2.24) is 0 Å². The Morgan fingerprint density at radius 3 is 2.26 bits per heavy atom. The monoisotopic (exact) mass is 512 g/mol. The molecule has 3 aliphatic rings. The lowest BCUT2D eigenvalue weighted by Gasteiger charge is -2.61. The van der Waals surface area contributed by atoms with Crippen LogP contribution in [0.25, 0.3) is 32.7 Å². The Morgan fingerprint density at radius 2 is 1.55 bits per heavy atom. The molecule has 196 valence electrons. The molecular weight excluding hydrogens is 480 g/mol. The van der Waals surface area contributed by atoms with Crippen LogP contribution < -0.4 is 4.74 Å². The van der Waals surface area contributed by atoms with E-state index in [1.807, 2.05) is 30.3 Å². The molecule has 2 atom stereocenters. The topological polar surface area (TPSA) is 66.4 Å². The lowest BCUT2D eigenvalue weighted by atomic mass is 9.57. The number of hydrogen-bond acceptors (Lipinski definition) is 6. The van der Waals surface area contributed by atoms with Crippen molar-refractivity contribution in [3.8, 4) is 22.6 Å². The van der Waals surface area contributed by atoms with Crippen LogP contribution in [0.5, 0.6) is 11.5 Å². The molecule has 2 saturated heterocycles. The molecular formula is C32H32O6. The summed E-state index contributed by atoms with van der Waals surface area (Å²) >= 11 is 0. The van der Waals surface area contributed by atoms with Crippen molar-refractivity contribution in [2.45, 2.75) is 52.6 Å². The van der Waals surface area contributed by atoms with Crippen LogP contribution in [0, 0.1) is 10.8 Å². The third-order valence-corrected chi connectivity index (χ3v) is 8.64. The Bertz CT molecular complexity index is 1620. The summed E-state index contributed by atoms with van der Waals surface area (Å²) in [6.07, 6.45) is 0. The summed E-state index contributed by atoms with van der Waals surface area (Å²) < 4.78 is 18.2. The third-order valence-electron chi connectivity index (χ3n) is 8.64. The van der Waals surface area contributed by atoms with Crippen molar-refractivity contribution >= 4 is 21.5 Å². The summed E-state index contributed by atoms with van der Waals surface area (Å²) in [5.41, 5.74) is 1.89. The summed E-state index contributed by atoms with van der Waals surface area (Å²) in [7, 11) is 0. The molecule has 4 aromatic carbocycles. The highest BCUT2D eigenvalue weighted by atomic mass is 17.3. The lowest BCUT2D eigenvalue weighted by molar-refractivity contribution is -0.626. The standard InChI is InChI=1S/C32H32O6/c1-29(2,3)32-30(4,5)17-36-31(32,37-38-32)24-15-25(33)26(23-13-9-8-12-22(23)24)27-21-11-7-6-10-19(21)14-20-16-34-18-35-28(20)27/h6-15,33H,16-18H2,1-5H3.